The molecule has 0 unspecified atom stereocenters. The molecule has 2 atom stereocenters. The molecule has 2 amide bonds. The summed E-state index contributed by atoms with van der Waals surface area (Å²) in [6.45, 7) is 5.20. The summed E-state index contributed by atoms with van der Waals surface area (Å²) in [5, 5.41) is 19.9. The van der Waals surface area contributed by atoms with E-state index in [-0.39, 0.29) is 12.2 Å². The molecule has 0 spiro atoms. The van der Waals surface area contributed by atoms with Gasteiger partial charge in [-0.1, -0.05) is 42.5 Å². The van der Waals surface area contributed by atoms with Crippen LogP contribution in [0, 0.1) is 5.92 Å². The first kappa shape index (κ1) is 24.2. The van der Waals surface area contributed by atoms with Gasteiger partial charge in [0.15, 0.2) is 0 Å². The Kier molecular flexibility index (Phi) is 8.88. The van der Waals surface area contributed by atoms with Gasteiger partial charge in [-0.3, -0.25) is 10.2 Å². The molecule has 0 aliphatic carbocycles. The maximum atomic E-state index is 12.7. The van der Waals surface area contributed by atoms with Crippen molar-refractivity contribution in [3.05, 3.63) is 65.7 Å². The lowest BCUT2D eigenvalue weighted by molar-refractivity contribution is -0.127. The third-order valence-electron chi connectivity index (χ3n) is 4.64. The van der Waals surface area contributed by atoms with Crippen LogP contribution in [-0.2, 0) is 22.4 Å². The van der Waals surface area contributed by atoms with Crippen molar-refractivity contribution in [2.45, 2.75) is 58.2 Å². The highest BCUT2D eigenvalue weighted by atomic mass is 16.6. The largest absolute Gasteiger partial charge is 0.508 e. The molecule has 31 heavy (non-hydrogen) atoms. The molecule has 2 rings (SSSR count). The van der Waals surface area contributed by atoms with Crippen LogP contribution in [-0.4, -0.2) is 33.9 Å². The first-order valence-corrected chi connectivity index (χ1v) is 10.4. The van der Waals surface area contributed by atoms with Crippen molar-refractivity contribution < 1.29 is 24.5 Å². The van der Waals surface area contributed by atoms with Crippen LogP contribution in [0.1, 0.15) is 44.7 Å². The summed E-state index contributed by atoms with van der Waals surface area (Å²) >= 11 is 0. The fraction of sp³-hybridized carbons (Fsp3) is 0.417. The molecule has 0 saturated carbocycles. The van der Waals surface area contributed by atoms with E-state index in [0.29, 0.717) is 19.3 Å². The van der Waals surface area contributed by atoms with Crippen LogP contribution in [0.3, 0.4) is 0 Å². The molecule has 0 fully saturated rings. The minimum Gasteiger partial charge on any atom is -0.508 e. The highest BCUT2D eigenvalue weighted by molar-refractivity contribution is 5.81. The zero-order valence-electron chi connectivity index (χ0n) is 18.3. The zero-order valence-corrected chi connectivity index (χ0v) is 18.3. The maximum Gasteiger partial charge on any atom is 0.426 e. The van der Waals surface area contributed by atoms with E-state index in [4.69, 9.17) is 4.74 Å². The molecular weight excluding hydrogens is 396 g/mol. The molecule has 7 nitrogen and oxygen atoms in total. The van der Waals surface area contributed by atoms with E-state index in [1.54, 1.807) is 45.0 Å². The van der Waals surface area contributed by atoms with Crippen molar-refractivity contribution in [1.29, 1.82) is 0 Å². The monoisotopic (exact) mass is 428 g/mol. The SMILES string of the molecule is CC(C)(C)OC(=O)NNC(=O)[C@H](Cc1ccccc1)C[C@@H](O)CCc1ccc(O)cc1. The number of aryl methyl sites for hydroxylation is 1. The lowest BCUT2D eigenvalue weighted by atomic mass is 9.91. The Labute approximate surface area is 183 Å². The highest BCUT2D eigenvalue weighted by Crippen LogP contribution is 2.19. The molecule has 4 N–H and O–H groups in total. The van der Waals surface area contributed by atoms with Crippen molar-refractivity contribution in [3.63, 3.8) is 0 Å². The number of hydrazine groups is 1. The van der Waals surface area contributed by atoms with Gasteiger partial charge in [0.25, 0.3) is 0 Å². The molecule has 0 aliphatic heterocycles. The summed E-state index contributed by atoms with van der Waals surface area (Å²) in [7, 11) is 0. The fourth-order valence-corrected chi connectivity index (χ4v) is 3.14. The van der Waals surface area contributed by atoms with Crippen LogP contribution in [0.4, 0.5) is 4.79 Å². The van der Waals surface area contributed by atoms with Gasteiger partial charge in [-0.25, -0.2) is 10.2 Å². The van der Waals surface area contributed by atoms with Gasteiger partial charge >= 0.3 is 6.09 Å². The fourth-order valence-electron chi connectivity index (χ4n) is 3.14. The van der Waals surface area contributed by atoms with E-state index in [9.17, 15) is 19.8 Å². The molecule has 0 radical (unpaired) electrons. The second kappa shape index (κ2) is 11.4. The zero-order chi connectivity index (χ0) is 22.9. The third-order valence-corrected chi connectivity index (χ3v) is 4.64. The smallest absolute Gasteiger partial charge is 0.426 e. The Balaban J connectivity index is 1.95. The van der Waals surface area contributed by atoms with Gasteiger partial charge in [-0.05, 0) is 69.7 Å². The topological polar surface area (TPSA) is 108 Å². The molecule has 0 bridgehead atoms. The van der Waals surface area contributed by atoms with E-state index >= 15 is 0 Å². The standard InChI is InChI=1S/C24H32N2O5/c1-24(2,3)31-23(30)26-25-22(29)19(15-18-7-5-4-6-8-18)16-21(28)14-11-17-9-12-20(27)13-10-17/h4-10,12-13,19,21,27-28H,11,14-16H2,1-3H3,(H,25,29)(H,26,30)/t19-,21+/m1/s1. The van der Waals surface area contributed by atoms with Gasteiger partial charge < -0.3 is 14.9 Å². The number of aliphatic hydroxyl groups excluding tert-OH is 1. The van der Waals surface area contributed by atoms with Crippen LogP contribution in [0.15, 0.2) is 54.6 Å². The Morgan fingerprint density at radius 3 is 2.23 bits per heavy atom. The summed E-state index contributed by atoms with van der Waals surface area (Å²) in [4.78, 5) is 24.6. The number of carbonyl (C=O) groups excluding carboxylic acids is 2. The van der Waals surface area contributed by atoms with Crippen LogP contribution in [0.2, 0.25) is 0 Å². The van der Waals surface area contributed by atoms with E-state index in [1.165, 1.54) is 0 Å². The summed E-state index contributed by atoms with van der Waals surface area (Å²) < 4.78 is 5.13. The summed E-state index contributed by atoms with van der Waals surface area (Å²) in [5.41, 5.74) is 5.96. The van der Waals surface area contributed by atoms with Crippen LogP contribution < -0.4 is 10.9 Å². The molecule has 2 aromatic carbocycles. The Bertz CT molecular complexity index is 831. The second-order valence-electron chi connectivity index (χ2n) is 8.60. The number of amides is 2. The second-order valence-corrected chi connectivity index (χ2v) is 8.60. The number of phenols is 1. The summed E-state index contributed by atoms with van der Waals surface area (Å²) in [6.07, 6.45) is 0.329. The number of nitrogens with one attached hydrogen (secondary N) is 2. The minimum absolute atomic E-state index is 0.196. The van der Waals surface area contributed by atoms with Crippen molar-refractivity contribution in [2.75, 3.05) is 0 Å². The number of hydrogen-bond acceptors (Lipinski definition) is 5. The molecule has 7 heteroatoms. The number of carbonyl (C=O) groups is 2. The van der Waals surface area contributed by atoms with Gasteiger partial charge in [0.1, 0.15) is 11.4 Å². The molecule has 0 aromatic heterocycles. The van der Waals surface area contributed by atoms with Gasteiger partial charge in [-0.15, -0.1) is 0 Å². The number of phenolic OH excluding ortho intramolecular Hbond substituents is 1. The van der Waals surface area contributed by atoms with Gasteiger partial charge in [0.05, 0.1) is 6.10 Å². The molecule has 0 heterocycles. The number of benzene rings is 2. The summed E-state index contributed by atoms with van der Waals surface area (Å²) in [6, 6.07) is 16.4. The molecule has 168 valence electrons. The van der Waals surface area contributed by atoms with Crippen molar-refractivity contribution in [3.8, 4) is 5.75 Å². The van der Waals surface area contributed by atoms with E-state index in [2.05, 4.69) is 10.9 Å². The van der Waals surface area contributed by atoms with E-state index < -0.39 is 29.6 Å². The Morgan fingerprint density at radius 1 is 0.968 bits per heavy atom. The van der Waals surface area contributed by atoms with Crippen LogP contribution >= 0.6 is 0 Å². The molecule has 0 aliphatic rings. The van der Waals surface area contributed by atoms with Crippen molar-refractivity contribution in [1.82, 2.24) is 10.9 Å². The molecule has 0 saturated heterocycles. The van der Waals surface area contributed by atoms with E-state index in [1.807, 2.05) is 30.3 Å². The lowest BCUT2D eigenvalue weighted by Crippen LogP contribution is -2.47. The molecule has 2 aromatic rings. The Hall–Kier alpha value is -3.06. The quantitative estimate of drug-likeness (QED) is 0.482. The number of aliphatic hydroxyl groups is 1. The van der Waals surface area contributed by atoms with E-state index in [0.717, 1.165) is 11.1 Å². The number of ether oxygens (including phenoxy) is 1. The average Bonchev–Trinajstić information content (AvgIpc) is 2.70. The molecular formula is C24H32N2O5. The van der Waals surface area contributed by atoms with Gasteiger partial charge in [0, 0.05) is 5.92 Å². The maximum absolute atomic E-state index is 12.7. The number of hydrogen-bond donors (Lipinski definition) is 4. The summed E-state index contributed by atoms with van der Waals surface area (Å²) in [5.74, 6) is -0.730. The van der Waals surface area contributed by atoms with Gasteiger partial charge in [-0.2, -0.15) is 0 Å². The van der Waals surface area contributed by atoms with Crippen molar-refractivity contribution in [2.24, 2.45) is 5.92 Å². The Morgan fingerprint density at radius 2 is 1.61 bits per heavy atom. The predicted octanol–water partition coefficient (Wildman–Crippen LogP) is 3.49. The predicted molar refractivity (Wildman–Crippen MR) is 118 cm³/mol. The number of rotatable bonds is 8. The number of aromatic hydroxyl groups is 1. The van der Waals surface area contributed by atoms with Crippen LogP contribution in [0.5, 0.6) is 5.75 Å². The normalized spacial score (nSPS) is 13.2. The first-order chi connectivity index (χ1) is 14.6. The van der Waals surface area contributed by atoms with Crippen molar-refractivity contribution >= 4 is 12.0 Å². The lowest BCUT2D eigenvalue weighted by Gasteiger charge is -2.22. The van der Waals surface area contributed by atoms with Crippen LogP contribution in [0.25, 0.3) is 0 Å². The van der Waals surface area contributed by atoms with Gasteiger partial charge in [0.2, 0.25) is 5.91 Å². The average molecular weight is 429 g/mol. The first-order valence-electron chi connectivity index (χ1n) is 10.4. The highest BCUT2D eigenvalue weighted by Gasteiger charge is 2.24. The third kappa shape index (κ3) is 9.53. The minimum atomic E-state index is -0.743.